The van der Waals surface area contributed by atoms with Crippen LogP contribution in [0, 0.1) is 17.8 Å². The molecular weight excluding hydrogens is 456 g/mol. The summed E-state index contributed by atoms with van der Waals surface area (Å²) in [6, 6.07) is 4.05. The average Bonchev–Trinajstić information content (AvgIpc) is 3.25. The lowest BCUT2D eigenvalue weighted by Gasteiger charge is -2.37. The number of nitrogens with zero attached hydrogens (tertiary/aromatic N) is 2. The minimum Gasteiger partial charge on any atom is -0.487 e. The number of benzene rings is 1. The largest absolute Gasteiger partial charge is 0.487 e. The maximum absolute atomic E-state index is 13.5. The van der Waals surface area contributed by atoms with E-state index in [2.05, 4.69) is 11.8 Å². The molecule has 1 aromatic carbocycles. The molecule has 3 rings (SSSR count). The minimum atomic E-state index is -3.95. The number of fused-ring (bicyclic) bond motifs is 1. The van der Waals surface area contributed by atoms with E-state index in [1.807, 2.05) is 6.92 Å². The monoisotopic (exact) mass is 492 g/mol. The van der Waals surface area contributed by atoms with Gasteiger partial charge in [-0.15, -0.1) is 0 Å². The van der Waals surface area contributed by atoms with E-state index in [9.17, 15) is 23.4 Å². The number of aliphatic hydroxyl groups excluding tert-OH is 1. The van der Waals surface area contributed by atoms with Crippen molar-refractivity contribution in [1.82, 2.24) is 9.21 Å². The van der Waals surface area contributed by atoms with Gasteiger partial charge < -0.3 is 19.8 Å². The highest BCUT2D eigenvalue weighted by Crippen LogP contribution is 2.34. The zero-order valence-corrected chi connectivity index (χ0v) is 21.3. The Labute approximate surface area is 202 Å². The van der Waals surface area contributed by atoms with Crippen LogP contribution < -0.4 is 4.74 Å². The lowest BCUT2D eigenvalue weighted by Crippen LogP contribution is -2.50. The van der Waals surface area contributed by atoms with Crippen molar-refractivity contribution in [3.05, 3.63) is 23.8 Å². The van der Waals surface area contributed by atoms with Crippen molar-refractivity contribution >= 4 is 15.9 Å². The van der Waals surface area contributed by atoms with Crippen molar-refractivity contribution < 1.29 is 28.2 Å². The molecule has 1 amide bonds. The third-order valence-corrected chi connectivity index (χ3v) is 8.74. The highest BCUT2D eigenvalue weighted by Gasteiger charge is 2.38. The van der Waals surface area contributed by atoms with Gasteiger partial charge in [0.05, 0.1) is 13.2 Å². The van der Waals surface area contributed by atoms with Crippen LogP contribution in [-0.4, -0.2) is 78.2 Å². The average molecular weight is 493 g/mol. The fourth-order valence-electron chi connectivity index (χ4n) is 4.44. The SMILES string of the molecule is CCC(=O)N(C)C[C@@H]1Oc2cc(C#CC3(O)CCCC3)ccc2S(=O)(=O)N([C@H](C)CO)C[C@H]1C. The van der Waals surface area contributed by atoms with Gasteiger partial charge in [0.2, 0.25) is 15.9 Å². The van der Waals surface area contributed by atoms with E-state index in [0.717, 1.165) is 12.8 Å². The zero-order valence-electron chi connectivity index (χ0n) is 20.5. The number of aliphatic hydroxyl groups is 2. The van der Waals surface area contributed by atoms with Crippen LogP contribution in [-0.2, 0) is 14.8 Å². The number of carbonyl (C=O) groups is 1. The van der Waals surface area contributed by atoms with E-state index >= 15 is 0 Å². The Balaban J connectivity index is 2.05. The molecule has 0 saturated heterocycles. The fourth-order valence-corrected chi connectivity index (χ4v) is 6.26. The van der Waals surface area contributed by atoms with Gasteiger partial charge in [0, 0.05) is 37.5 Å². The Morgan fingerprint density at radius 1 is 1.35 bits per heavy atom. The van der Waals surface area contributed by atoms with E-state index in [-0.39, 0.29) is 35.6 Å². The molecule has 0 bridgehead atoms. The summed E-state index contributed by atoms with van der Waals surface area (Å²) >= 11 is 0. The number of rotatable bonds is 5. The number of likely N-dealkylation sites (N-methyl/N-ethyl adjacent to an activating group) is 1. The molecular formula is C25H36N2O6S. The molecule has 9 heteroatoms. The first-order chi connectivity index (χ1) is 16.0. The summed E-state index contributed by atoms with van der Waals surface area (Å²) in [5, 5.41) is 20.3. The molecule has 1 heterocycles. The first-order valence-corrected chi connectivity index (χ1v) is 13.4. The molecule has 1 fully saturated rings. The zero-order chi connectivity index (χ0) is 25.1. The van der Waals surface area contributed by atoms with Crippen LogP contribution in [0.15, 0.2) is 23.1 Å². The van der Waals surface area contributed by atoms with Crippen LogP contribution in [0.3, 0.4) is 0 Å². The van der Waals surface area contributed by atoms with Crippen LogP contribution >= 0.6 is 0 Å². The molecule has 2 N–H and O–H groups in total. The predicted molar refractivity (Wildman–Crippen MR) is 129 cm³/mol. The molecule has 0 radical (unpaired) electrons. The molecule has 1 aliphatic carbocycles. The van der Waals surface area contributed by atoms with Crippen LogP contribution in [0.4, 0.5) is 0 Å². The predicted octanol–water partition coefficient (Wildman–Crippen LogP) is 1.98. The Morgan fingerprint density at radius 2 is 2.03 bits per heavy atom. The van der Waals surface area contributed by atoms with Gasteiger partial charge in [-0.05, 0) is 50.8 Å². The number of amides is 1. The number of carbonyl (C=O) groups excluding carboxylic acids is 1. The van der Waals surface area contributed by atoms with Gasteiger partial charge in [-0.1, -0.05) is 25.7 Å². The summed E-state index contributed by atoms with van der Waals surface area (Å²) in [7, 11) is -2.24. The second-order valence-electron chi connectivity index (χ2n) is 9.52. The number of ether oxygens (including phenoxy) is 1. The van der Waals surface area contributed by atoms with Gasteiger partial charge in [-0.3, -0.25) is 4.79 Å². The van der Waals surface area contributed by atoms with Gasteiger partial charge in [-0.2, -0.15) is 4.31 Å². The number of hydrogen-bond acceptors (Lipinski definition) is 6. The van der Waals surface area contributed by atoms with Crippen molar-refractivity contribution in [2.75, 3.05) is 26.7 Å². The van der Waals surface area contributed by atoms with Crippen LogP contribution in [0.5, 0.6) is 5.75 Å². The van der Waals surface area contributed by atoms with E-state index < -0.39 is 27.8 Å². The fraction of sp³-hybridized carbons (Fsp3) is 0.640. The van der Waals surface area contributed by atoms with Crippen molar-refractivity contribution in [1.29, 1.82) is 0 Å². The molecule has 3 atom stereocenters. The van der Waals surface area contributed by atoms with E-state index in [1.54, 1.807) is 37.9 Å². The molecule has 2 aliphatic rings. The Bertz CT molecular complexity index is 1050. The van der Waals surface area contributed by atoms with Crippen LogP contribution in [0.2, 0.25) is 0 Å². The molecule has 0 spiro atoms. The van der Waals surface area contributed by atoms with Crippen molar-refractivity contribution in [3.8, 4) is 17.6 Å². The van der Waals surface area contributed by atoms with Gasteiger partial charge in [0.1, 0.15) is 22.4 Å². The lowest BCUT2D eigenvalue weighted by atomic mass is 10.0. The number of sulfonamides is 1. The van der Waals surface area contributed by atoms with Crippen molar-refractivity contribution in [2.45, 2.75) is 75.5 Å². The Kier molecular flexibility index (Phi) is 8.30. The molecule has 8 nitrogen and oxygen atoms in total. The maximum Gasteiger partial charge on any atom is 0.247 e. The minimum absolute atomic E-state index is 0.000649. The highest BCUT2D eigenvalue weighted by atomic mass is 32.2. The summed E-state index contributed by atoms with van der Waals surface area (Å²) in [5.41, 5.74) is -0.466. The van der Waals surface area contributed by atoms with Gasteiger partial charge >= 0.3 is 0 Å². The van der Waals surface area contributed by atoms with Crippen LogP contribution in [0.25, 0.3) is 0 Å². The first kappa shape index (κ1) is 26.5. The second-order valence-corrected chi connectivity index (χ2v) is 11.4. The molecule has 1 aromatic rings. The molecule has 34 heavy (non-hydrogen) atoms. The van der Waals surface area contributed by atoms with E-state index in [1.165, 1.54) is 10.4 Å². The summed E-state index contributed by atoms with van der Waals surface area (Å²) in [6.45, 7) is 5.46. The third kappa shape index (κ3) is 5.74. The van der Waals surface area contributed by atoms with Gasteiger partial charge in [0.15, 0.2) is 0 Å². The van der Waals surface area contributed by atoms with Gasteiger partial charge in [-0.25, -0.2) is 8.42 Å². The Morgan fingerprint density at radius 3 is 2.65 bits per heavy atom. The smallest absolute Gasteiger partial charge is 0.247 e. The molecule has 1 aliphatic heterocycles. The second kappa shape index (κ2) is 10.6. The summed E-state index contributed by atoms with van der Waals surface area (Å²) < 4.78 is 34.6. The van der Waals surface area contributed by atoms with Gasteiger partial charge in [0.25, 0.3) is 0 Å². The molecule has 1 saturated carbocycles. The molecule has 0 unspecified atom stereocenters. The molecule has 188 valence electrons. The normalized spacial score (nSPS) is 24.5. The summed E-state index contributed by atoms with van der Waals surface area (Å²) in [4.78, 5) is 13.8. The topological polar surface area (TPSA) is 107 Å². The highest BCUT2D eigenvalue weighted by molar-refractivity contribution is 7.89. The summed E-state index contributed by atoms with van der Waals surface area (Å²) in [5.74, 6) is 5.81. The standard InChI is InChI=1S/C25H36N2O6S/c1-5-24(29)26(4)16-22-18(2)15-27(19(3)17-28)34(31,32)23-9-8-20(14-21(23)33-22)10-13-25(30)11-6-7-12-25/h8-9,14,18-19,22,28,30H,5-7,11-12,15-17H2,1-4H3/t18-,19-,22+/m1/s1. The van der Waals surface area contributed by atoms with Crippen molar-refractivity contribution in [3.63, 3.8) is 0 Å². The Hall–Kier alpha value is -2.12. The first-order valence-electron chi connectivity index (χ1n) is 11.9. The van der Waals surface area contributed by atoms with E-state index in [4.69, 9.17) is 4.74 Å². The van der Waals surface area contributed by atoms with E-state index in [0.29, 0.717) is 31.4 Å². The maximum atomic E-state index is 13.5. The number of hydrogen-bond donors (Lipinski definition) is 2. The van der Waals surface area contributed by atoms with Crippen LogP contribution in [0.1, 0.15) is 58.4 Å². The quantitative estimate of drug-likeness (QED) is 0.609. The molecule has 0 aromatic heterocycles. The lowest BCUT2D eigenvalue weighted by molar-refractivity contribution is -0.131. The third-order valence-electron chi connectivity index (χ3n) is 6.72. The van der Waals surface area contributed by atoms with Crippen molar-refractivity contribution in [2.24, 2.45) is 5.92 Å². The summed E-state index contributed by atoms with van der Waals surface area (Å²) in [6.07, 6.45) is 3.00.